The van der Waals surface area contributed by atoms with E-state index in [0.717, 1.165) is 42.6 Å². The van der Waals surface area contributed by atoms with Gasteiger partial charge in [-0.3, -0.25) is 9.59 Å². The lowest BCUT2D eigenvalue weighted by molar-refractivity contribution is -0.119. The third-order valence-electron chi connectivity index (χ3n) is 6.73. The molecular formula is C30H33FN2O2. The Hall–Kier alpha value is -3.47. The Bertz CT molecular complexity index is 1150. The first-order valence-corrected chi connectivity index (χ1v) is 12.6. The van der Waals surface area contributed by atoms with Gasteiger partial charge in [0, 0.05) is 29.4 Å². The van der Waals surface area contributed by atoms with Crippen molar-refractivity contribution in [1.29, 1.82) is 0 Å². The molecule has 0 unspecified atom stereocenters. The zero-order valence-corrected chi connectivity index (χ0v) is 20.5. The summed E-state index contributed by atoms with van der Waals surface area (Å²) in [5, 5.41) is 0. The molecule has 1 heterocycles. The van der Waals surface area contributed by atoms with Crippen molar-refractivity contribution < 1.29 is 14.0 Å². The number of unbranched alkanes of at least 4 members (excludes halogenated alkanes) is 3. The second kappa shape index (κ2) is 11.3. The highest BCUT2D eigenvalue weighted by Gasteiger charge is 2.38. The van der Waals surface area contributed by atoms with Crippen molar-refractivity contribution in [3.05, 3.63) is 95.8 Å². The number of hydrogen-bond donors (Lipinski definition) is 0. The van der Waals surface area contributed by atoms with Gasteiger partial charge in [-0.1, -0.05) is 62.6 Å². The van der Waals surface area contributed by atoms with Gasteiger partial charge in [0.05, 0.1) is 6.04 Å². The molecule has 4 nitrogen and oxygen atoms in total. The van der Waals surface area contributed by atoms with Crippen LogP contribution in [0.15, 0.2) is 78.9 Å². The highest BCUT2D eigenvalue weighted by molar-refractivity contribution is 6.07. The van der Waals surface area contributed by atoms with Crippen LogP contribution < -0.4 is 9.80 Å². The zero-order chi connectivity index (χ0) is 24.8. The number of hydrogen-bond acceptors (Lipinski definition) is 2. The molecule has 4 rings (SSSR count). The van der Waals surface area contributed by atoms with Crippen molar-refractivity contribution in [3.63, 3.8) is 0 Å². The Balaban J connectivity index is 1.71. The Kier molecular flexibility index (Phi) is 7.96. The maximum absolute atomic E-state index is 13.8. The van der Waals surface area contributed by atoms with Gasteiger partial charge < -0.3 is 9.80 Å². The average molecular weight is 473 g/mol. The molecule has 1 aliphatic heterocycles. The van der Waals surface area contributed by atoms with E-state index in [1.54, 1.807) is 4.90 Å². The van der Waals surface area contributed by atoms with Crippen LogP contribution in [0.5, 0.6) is 0 Å². The second-order valence-electron chi connectivity index (χ2n) is 9.25. The summed E-state index contributed by atoms with van der Waals surface area (Å²) in [5.74, 6) is -0.435. The third-order valence-corrected chi connectivity index (χ3v) is 6.73. The summed E-state index contributed by atoms with van der Waals surface area (Å²) < 4.78 is 13.6. The normalized spacial score (nSPS) is 17.1. The summed E-state index contributed by atoms with van der Waals surface area (Å²) in [6.07, 6.45) is 5.36. The summed E-state index contributed by atoms with van der Waals surface area (Å²) in [6, 6.07) is 22.8. The molecule has 0 N–H and O–H groups in total. The number of carbonyl (C=O) groups excluding carboxylic acids is 2. The predicted molar refractivity (Wildman–Crippen MR) is 139 cm³/mol. The molecule has 2 atom stereocenters. The lowest BCUT2D eigenvalue weighted by atomic mass is 9.89. The van der Waals surface area contributed by atoms with E-state index in [1.807, 2.05) is 59.5 Å². The molecule has 0 radical (unpaired) electrons. The minimum absolute atomic E-state index is 0.0687. The van der Waals surface area contributed by atoms with Crippen molar-refractivity contribution in [1.82, 2.24) is 0 Å². The standard InChI is InChI=1S/C30H33FN2O2/c1-3-4-5-9-16-29(34)32-22(2)21-28(26-14-10-11-15-27(26)32)33(25-12-7-6-8-13-25)30(35)23-17-19-24(31)20-18-23/h6-8,10-15,17-20,22,28H,3-5,9,16,21H2,1-2H3/t22-,28-/m0/s1. The summed E-state index contributed by atoms with van der Waals surface area (Å²) in [4.78, 5) is 30.8. The maximum Gasteiger partial charge on any atom is 0.258 e. The number of halogens is 1. The van der Waals surface area contributed by atoms with Gasteiger partial charge in [-0.25, -0.2) is 4.39 Å². The summed E-state index contributed by atoms with van der Waals surface area (Å²) in [5.41, 5.74) is 3.01. The molecule has 35 heavy (non-hydrogen) atoms. The number of fused-ring (bicyclic) bond motifs is 1. The zero-order valence-electron chi connectivity index (χ0n) is 20.5. The lowest BCUT2D eigenvalue weighted by Crippen LogP contribution is -2.47. The van der Waals surface area contributed by atoms with E-state index in [0.29, 0.717) is 18.4 Å². The van der Waals surface area contributed by atoms with Crippen LogP contribution >= 0.6 is 0 Å². The molecule has 3 aromatic rings. The summed E-state index contributed by atoms with van der Waals surface area (Å²) >= 11 is 0. The Morgan fingerprint density at radius 3 is 2.31 bits per heavy atom. The Labute approximate surface area is 207 Å². The molecule has 1 aliphatic rings. The first kappa shape index (κ1) is 24.6. The van der Waals surface area contributed by atoms with Crippen LogP contribution in [-0.4, -0.2) is 17.9 Å². The van der Waals surface area contributed by atoms with Gasteiger partial charge in [-0.2, -0.15) is 0 Å². The minimum Gasteiger partial charge on any atom is -0.309 e. The minimum atomic E-state index is -0.377. The van der Waals surface area contributed by atoms with Gasteiger partial charge in [0.15, 0.2) is 0 Å². The molecule has 0 aliphatic carbocycles. The Morgan fingerprint density at radius 1 is 0.914 bits per heavy atom. The van der Waals surface area contributed by atoms with Crippen LogP contribution in [0.1, 0.15) is 74.3 Å². The number of para-hydroxylation sites is 2. The number of amides is 2. The van der Waals surface area contributed by atoms with E-state index >= 15 is 0 Å². The van der Waals surface area contributed by atoms with E-state index in [1.165, 1.54) is 24.3 Å². The monoisotopic (exact) mass is 472 g/mol. The number of rotatable bonds is 8. The van der Waals surface area contributed by atoms with Crippen molar-refractivity contribution in [2.75, 3.05) is 9.80 Å². The number of benzene rings is 3. The Morgan fingerprint density at radius 2 is 1.60 bits per heavy atom. The molecule has 0 fully saturated rings. The lowest BCUT2D eigenvalue weighted by Gasteiger charge is -2.43. The molecule has 0 saturated heterocycles. The topological polar surface area (TPSA) is 40.6 Å². The molecule has 2 amide bonds. The number of carbonyl (C=O) groups is 2. The van der Waals surface area contributed by atoms with Crippen LogP contribution in [0, 0.1) is 5.82 Å². The van der Waals surface area contributed by atoms with Gasteiger partial charge in [0.1, 0.15) is 5.82 Å². The molecule has 0 spiro atoms. The van der Waals surface area contributed by atoms with Crippen molar-refractivity contribution in [2.45, 2.75) is 64.5 Å². The number of anilines is 2. The number of nitrogens with zero attached hydrogens (tertiary/aromatic N) is 2. The van der Waals surface area contributed by atoms with Crippen molar-refractivity contribution in [3.8, 4) is 0 Å². The van der Waals surface area contributed by atoms with Crippen LogP contribution in [0.3, 0.4) is 0 Å². The van der Waals surface area contributed by atoms with Gasteiger partial charge in [-0.05, 0) is 67.8 Å². The molecular weight excluding hydrogens is 439 g/mol. The van der Waals surface area contributed by atoms with Gasteiger partial charge >= 0.3 is 0 Å². The van der Waals surface area contributed by atoms with E-state index in [9.17, 15) is 14.0 Å². The maximum atomic E-state index is 13.8. The molecule has 0 saturated carbocycles. The fourth-order valence-corrected chi connectivity index (χ4v) is 4.99. The van der Waals surface area contributed by atoms with Crippen molar-refractivity contribution >= 4 is 23.2 Å². The summed E-state index contributed by atoms with van der Waals surface area (Å²) in [7, 11) is 0. The largest absolute Gasteiger partial charge is 0.309 e. The SMILES string of the molecule is CCCCCCC(=O)N1c2ccccc2[C@@H](N(C(=O)c2ccc(F)cc2)c2ccccc2)C[C@@H]1C. The fraction of sp³-hybridized carbons (Fsp3) is 0.333. The smallest absolute Gasteiger partial charge is 0.258 e. The average Bonchev–Trinajstić information content (AvgIpc) is 2.87. The fourth-order valence-electron chi connectivity index (χ4n) is 4.99. The van der Waals surface area contributed by atoms with Crippen molar-refractivity contribution in [2.24, 2.45) is 0 Å². The molecule has 3 aromatic carbocycles. The molecule has 5 heteroatoms. The third kappa shape index (κ3) is 5.45. The first-order chi connectivity index (χ1) is 17.0. The molecule has 0 bridgehead atoms. The van der Waals surface area contributed by atoms with Crippen LogP contribution in [0.25, 0.3) is 0 Å². The summed E-state index contributed by atoms with van der Waals surface area (Å²) in [6.45, 7) is 4.22. The van der Waals surface area contributed by atoms with Crippen LogP contribution in [0.4, 0.5) is 15.8 Å². The van der Waals surface area contributed by atoms with E-state index < -0.39 is 0 Å². The van der Waals surface area contributed by atoms with Gasteiger partial charge in [0.25, 0.3) is 5.91 Å². The van der Waals surface area contributed by atoms with E-state index in [2.05, 4.69) is 13.8 Å². The van der Waals surface area contributed by atoms with Gasteiger partial charge in [-0.15, -0.1) is 0 Å². The van der Waals surface area contributed by atoms with Crippen LogP contribution in [-0.2, 0) is 4.79 Å². The second-order valence-corrected chi connectivity index (χ2v) is 9.25. The van der Waals surface area contributed by atoms with E-state index in [-0.39, 0.29) is 29.7 Å². The highest BCUT2D eigenvalue weighted by atomic mass is 19.1. The van der Waals surface area contributed by atoms with E-state index in [4.69, 9.17) is 0 Å². The van der Waals surface area contributed by atoms with Crippen LogP contribution in [0.2, 0.25) is 0 Å². The molecule has 182 valence electrons. The first-order valence-electron chi connectivity index (χ1n) is 12.6. The quantitative estimate of drug-likeness (QED) is 0.323. The molecule has 0 aromatic heterocycles. The predicted octanol–water partition coefficient (Wildman–Crippen LogP) is 7.31. The highest BCUT2D eigenvalue weighted by Crippen LogP contribution is 2.43. The van der Waals surface area contributed by atoms with Gasteiger partial charge in [0.2, 0.25) is 5.91 Å².